The van der Waals surface area contributed by atoms with E-state index in [2.05, 4.69) is 5.32 Å². The Balaban J connectivity index is 1.80. The van der Waals surface area contributed by atoms with Crippen molar-refractivity contribution in [3.63, 3.8) is 0 Å². The van der Waals surface area contributed by atoms with Gasteiger partial charge in [-0.2, -0.15) is 0 Å². The number of fused-ring (bicyclic) bond motifs is 4. The van der Waals surface area contributed by atoms with Crippen LogP contribution in [0.4, 0.5) is 10.5 Å². The highest BCUT2D eigenvalue weighted by Crippen LogP contribution is 2.48. The lowest BCUT2D eigenvalue weighted by Crippen LogP contribution is -2.65. The maximum Gasteiger partial charge on any atom is 0.325 e. The fourth-order valence-corrected chi connectivity index (χ4v) is 3.86. The Bertz CT molecular complexity index is 888. The van der Waals surface area contributed by atoms with Gasteiger partial charge < -0.3 is 19.5 Å². The number of nitrogens with zero attached hydrogens (tertiary/aromatic N) is 1. The maximum absolute atomic E-state index is 12.9. The third kappa shape index (κ3) is 2.52. The lowest BCUT2D eigenvalue weighted by atomic mass is 9.90. The Morgan fingerprint density at radius 1 is 1.23 bits per heavy atom. The first kappa shape index (κ1) is 16.8. The Morgan fingerprint density at radius 2 is 2.04 bits per heavy atom. The molecule has 2 heterocycles. The molecule has 0 spiro atoms. The number of urea groups is 1. The van der Waals surface area contributed by atoms with Gasteiger partial charge in [0.05, 0.1) is 25.9 Å². The van der Waals surface area contributed by atoms with Crippen molar-refractivity contribution in [1.29, 1.82) is 0 Å². The molecular formula is C19H19ClN2O4. The second-order valence-electron chi connectivity index (χ2n) is 6.54. The molecule has 0 unspecified atom stereocenters. The molecule has 2 atom stereocenters. The quantitative estimate of drug-likeness (QED) is 0.877. The first-order valence-corrected chi connectivity index (χ1v) is 8.64. The van der Waals surface area contributed by atoms with Crippen molar-refractivity contribution in [2.45, 2.75) is 25.1 Å². The summed E-state index contributed by atoms with van der Waals surface area (Å²) >= 11 is 6.11. The molecular weight excluding hydrogens is 356 g/mol. The first-order valence-electron chi connectivity index (χ1n) is 8.26. The average molecular weight is 375 g/mol. The topological polar surface area (TPSA) is 60.0 Å². The number of anilines is 1. The molecule has 0 saturated carbocycles. The molecule has 2 bridgehead atoms. The minimum atomic E-state index is -0.851. The van der Waals surface area contributed by atoms with E-state index < -0.39 is 5.72 Å². The summed E-state index contributed by atoms with van der Waals surface area (Å²) < 4.78 is 17.0. The second kappa shape index (κ2) is 5.99. The van der Waals surface area contributed by atoms with E-state index in [4.69, 9.17) is 25.8 Å². The van der Waals surface area contributed by atoms with Crippen molar-refractivity contribution in [2.75, 3.05) is 19.1 Å². The van der Waals surface area contributed by atoms with Gasteiger partial charge in [-0.1, -0.05) is 11.6 Å². The number of rotatable bonds is 3. The molecule has 136 valence electrons. The number of benzene rings is 2. The van der Waals surface area contributed by atoms with Gasteiger partial charge in [0.1, 0.15) is 17.2 Å². The highest BCUT2D eigenvalue weighted by Gasteiger charge is 2.50. The lowest BCUT2D eigenvalue weighted by Gasteiger charge is -2.50. The molecule has 1 N–H and O–H groups in total. The SMILES string of the molecule is COc1ccc(N2C(=O)N[C@H]3C[C@@]2(C)Oc2ccc(Cl)cc23)c(OC)c1. The van der Waals surface area contributed by atoms with Crippen LogP contribution in [0.25, 0.3) is 0 Å². The number of carbonyl (C=O) groups excluding carboxylic acids is 1. The van der Waals surface area contributed by atoms with Gasteiger partial charge in [-0.05, 0) is 37.3 Å². The van der Waals surface area contributed by atoms with Gasteiger partial charge in [-0.15, -0.1) is 0 Å². The lowest BCUT2D eigenvalue weighted by molar-refractivity contribution is 0.0375. The molecule has 6 nitrogen and oxygen atoms in total. The van der Waals surface area contributed by atoms with E-state index in [1.165, 1.54) is 0 Å². The molecule has 2 amide bonds. The summed E-state index contributed by atoms with van der Waals surface area (Å²) in [6, 6.07) is 10.4. The minimum Gasteiger partial charge on any atom is -0.497 e. The third-order valence-corrected chi connectivity index (χ3v) is 5.10. The smallest absolute Gasteiger partial charge is 0.325 e. The number of halogens is 1. The molecule has 2 aromatic carbocycles. The van der Waals surface area contributed by atoms with E-state index in [0.717, 1.165) is 5.56 Å². The number of amides is 2. The largest absolute Gasteiger partial charge is 0.497 e. The van der Waals surface area contributed by atoms with E-state index >= 15 is 0 Å². The van der Waals surface area contributed by atoms with Crippen LogP contribution >= 0.6 is 11.6 Å². The van der Waals surface area contributed by atoms with Crippen molar-refractivity contribution >= 4 is 23.3 Å². The summed E-state index contributed by atoms with van der Waals surface area (Å²) in [5.74, 6) is 1.89. The van der Waals surface area contributed by atoms with Crippen molar-refractivity contribution < 1.29 is 19.0 Å². The monoisotopic (exact) mass is 374 g/mol. The van der Waals surface area contributed by atoms with Gasteiger partial charge in [0, 0.05) is 23.1 Å². The van der Waals surface area contributed by atoms with Gasteiger partial charge in [-0.3, -0.25) is 4.90 Å². The van der Waals surface area contributed by atoms with Crippen LogP contribution in [0.2, 0.25) is 5.02 Å². The molecule has 0 aromatic heterocycles. The van der Waals surface area contributed by atoms with Gasteiger partial charge >= 0.3 is 6.03 Å². The second-order valence-corrected chi connectivity index (χ2v) is 6.98. The number of ether oxygens (including phenoxy) is 3. The van der Waals surface area contributed by atoms with Gasteiger partial charge in [0.25, 0.3) is 0 Å². The molecule has 2 aliphatic rings. The average Bonchev–Trinajstić information content (AvgIpc) is 2.62. The zero-order valence-electron chi connectivity index (χ0n) is 14.7. The summed E-state index contributed by atoms with van der Waals surface area (Å²) in [6.07, 6.45) is 0.585. The summed E-state index contributed by atoms with van der Waals surface area (Å²) in [5, 5.41) is 3.66. The third-order valence-electron chi connectivity index (χ3n) is 4.86. The van der Waals surface area contributed by atoms with Crippen LogP contribution in [0.5, 0.6) is 17.2 Å². The number of carbonyl (C=O) groups is 1. The fraction of sp³-hybridized carbons (Fsp3) is 0.316. The fourth-order valence-electron chi connectivity index (χ4n) is 3.68. The van der Waals surface area contributed by atoms with E-state index in [1.54, 1.807) is 43.4 Å². The van der Waals surface area contributed by atoms with Crippen LogP contribution in [-0.2, 0) is 0 Å². The predicted octanol–water partition coefficient (Wildman–Crippen LogP) is 4.13. The zero-order valence-corrected chi connectivity index (χ0v) is 15.5. The van der Waals surface area contributed by atoms with Crippen LogP contribution in [0.15, 0.2) is 36.4 Å². The molecule has 1 saturated heterocycles. The molecule has 0 radical (unpaired) electrons. The number of hydrogen-bond acceptors (Lipinski definition) is 4. The van der Waals surface area contributed by atoms with Crippen LogP contribution in [0.1, 0.15) is 24.9 Å². The minimum absolute atomic E-state index is 0.157. The molecule has 2 aromatic rings. The van der Waals surface area contributed by atoms with Crippen molar-refractivity contribution in [1.82, 2.24) is 5.32 Å². The van der Waals surface area contributed by atoms with E-state index in [9.17, 15) is 4.79 Å². The summed E-state index contributed by atoms with van der Waals surface area (Å²) in [4.78, 5) is 14.5. The highest BCUT2D eigenvalue weighted by atomic mass is 35.5. The molecule has 4 rings (SSSR count). The Labute approximate surface area is 156 Å². The Hall–Kier alpha value is -2.60. The number of nitrogens with one attached hydrogen (secondary N) is 1. The van der Waals surface area contributed by atoms with Gasteiger partial charge in [-0.25, -0.2) is 4.79 Å². The van der Waals surface area contributed by atoms with Crippen LogP contribution in [-0.4, -0.2) is 26.0 Å². The van der Waals surface area contributed by atoms with E-state index in [0.29, 0.717) is 34.4 Å². The number of methoxy groups -OCH3 is 2. The molecule has 1 fully saturated rings. The van der Waals surface area contributed by atoms with Crippen LogP contribution < -0.4 is 24.4 Å². The van der Waals surface area contributed by atoms with E-state index in [-0.39, 0.29) is 12.1 Å². The highest BCUT2D eigenvalue weighted by molar-refractivity contribution is 6.30. The number of hydrogen-bond donors (Lipinski definition) is 1. The Morgan fingerprint density at radius 3 is 2.77 bits per heavy atom. The van der Waals surface area contributed by atoms with Crippen molar-refractivity contribution in [3.8, 4) is 17.2 Å². The zero-order chi connectivity index (χ0) is 18.5. The van der Waals surface area contributed by atoms with E-state index in [1.807, 2.05) is 19.1 Å². The van der Waals surface area contributed by atoms with Crippen LogP contribution in [0.3, 0.4) is 0 Å². The molecule has 26 heavy (non-hydrogen) atoms. The maximum atomic E-state index is 12.9. The van der Waals surface area contributed by atoms with Crippen LogP contribution in [0, 0.1) is 0 Å². The van der Waals surface area contributed by atoms with Gasteiger partial charge in [0.2, 0.25) is 0 Å². The van der Waals surface area contributed by atoms with Crippen molar-refractivity contribution in [2.24, 2.45) is 0 Å². The van der Waals surface area contributed by atoms with Crippen molar-refractivity contribution in [3.05, 3.63) is 47.0 Å². The summed E-state index contributed by atoms with van der Waals surface area (Å²) in [7, 11) is 3.14. The van der Waals surface area contributed by atoms with Gasteiger partial charge in [0.15, 0.2) is 5.72 Å². The first-order chi connectivity index (χ1) is 12.4. The normalized spacial score (nSPS) is 23.6. The predicted molar refractivity (Wildman–Crippen MR) is 98.4 cm³/mol. The standard InChI is InChI=1S/C19H19ClN2O4/c1-19-10-14(13-8-11(20)4-7-16(13)26-19)21-18(23)22(19)15-6-5-12(24-2)9-17(15)25-3/h4-9,14H,10H2,1-3H3,(H,21,23)/t14-,19+/m0/s1. The summed E-state index contributed by atoms with van der Waals surface area (Å²) in [5.41, 5.74) is 0.657. The molecule has 0 aliphatic carbocycles. The summed E-state index contributed by atoms with van der Waals surface area (Å²) in [6.45, 7) is 1.90. The Kier molecular flexibility index (Phi) is 3.88. The molecule has 7 heteroatoms. The molecule has 2 aliphatic heterocycles.